The minimum atomic E-state index is -0.402. The fourth-order valence-electron chi connectivity index (χ4n) is 2.11. The van der Waals surface area contributed by atoms with Gasteiger partial charge in [-0.25, -0.2) is 0 Å². The van der Waals surface area contributed by atoms with Crippen molar-refractivity contribution in [2.24, 2.45) is 0 Å². The zero-order valence-electron chi connectivity index (χ0n) is 14.1. The van der Waals surface area contributed by atoms with Crippen LogP contribution in [0.4, 0.5) is 5.69 Å². The van der Waals surface area contributed by atoms with E-state index >= 15 is 0 Å². The van der Waals surface area contributed by atoms with Crippen LogP contribution in [0.5, 0.6) is 5.75 Å². The molecule has 0 bridgehead atoms. The van der Waals surface area contributed by atoms with Crippen molar-refractivity contribution in [3.63, 3.8) is 0 Å². The lowest BCUT2D eigenvalue weighted by atomic mass is 10.2. The first-order chi connectivity index (χ1) is 13.5. The minimum Gasteiger partial charge on any atom is -0.484 e. The third-order valence-corrected chi connectivity index (χ3v) is 4.46. The van der Waals surface area contributed by atoms with Gasteiger partial charge in [0.05, 0.1) is 0 Å². The maximum atomic E-state index is 11.9. The number of carbonyl (C=O) groups is 1. The summed E-state index contributed by atoms with van der Waals surface area (Å²) in [5.74, 6) is 0.150. The quantitative estimate of drug-likeness (QED) is 0.398. The molecular formula is C17H13Cl2N5O2S2. The summed E-state index contributed by atoms with van der Waals surface area (Å²) in [5.41, 5.74) is 7.32. The third-order valence-electron chi connectivity index (χ3n) is 3.32. The highest BCUT2D eigenvalue weighted by Gasteiger charge is 2.06. The summed E-state index contributed by atoms with van der Waals surface area (Å²) in [6.07, 6.45) is 0. The number of hydrogen-bond donors (Lipinski definition) is 3. The highest BCUT2D eigenvalue weighted by molar-refractivity contribution is 7.80. The Labute approximate surface area is 180 Å². The van der Waals surface area contributed by atoms with E-state index in [9.17, 15) is 4.79 Å². The summed E-state index contributed by atoms with van der Waals surface area (Å²) in [6.45, 7) is -0.184. The molecule has 0 radical (unpaired) electrons. The number of nitrogens with one attached hydrogen (secondary N) is 3. The summed E-state index contributed by atoms with van der Waals surface area (Å²) in [7, 11) is 0. The fourth-order valence-corrected chi connectivity index (χ4v) is 3.27. The molecule has 28 heavy (non-hydrogen) atoms. The Morgan fingerprint density at radius 2 is 1.82 bits per heavy atom. The summed E-state index contributed by atoms with van der Waals surface area (Å²) < 4.78 is 9.26. The molecule has 0 spiro atoms. The SMILES string of the molecule is O=C(COc1ccc(-c2csnn2)cc1)NNC(=S)Nc1cc(Cl)cc(Cl)c1. The fraction of sp³-hybridized carbons (Fsp3) is 0.0588. The van der Waals surface area contributed by atoms with E-state index in [2.05, 4.69) is 25.8 Å². The number of anilines is 1. The van der Waals surface area contributed by atoms with Gasteiger partial charge in [-0.1, -0.05) is 27.7 Å². The van der Waals surface area contributed by atoms with Crippen LogP contribution in [0, 0.1) is 0 Å². The number of benzene rings is 2. The van der Waals surface area contributed by atoms with Crippen molar-refractivity contribution in [3.05, 3.63) is 57.9 Å². The van der Waals surface area contributed by atoms with Crippen LogP contribution in [0.25, 0.3) is 11.3 Å². The number of hydrazine groups is 1. The van der Waals surface area contributed by atoms with Crippen LogP contribution in [0.1, 0.15) is 0 Å². The van der Waals surface area contributed by atoms with E-state index < -0.39 is 5.91 Å². The number of halogens is 2. The van der Waals surface area contributed by atoms with Crippen molar-refractivity contribution in [1.29, 1.82) is 0 Å². The summed E-state index contributed by atoms with van der Waals surface area (Å²) in [5, 5.41) is 9.81. The molecule has 3 N–H and O–H groups in total. The van der Waals surface area contributed by atoms with E-state index in [0.717, 1.165) is 11.3 Å². The number of aromatic nitrogens is 2. The molecule has 0 aliphatic carbocycles. The zero-order valence-corrected chi connectivity index (χ0v) is 17.3. The molecule has 1 aromatic heterocycles. The average molecular weight is 454 g/mol. The van der Waals surface area contributed by atoms with Crippen molar-refractivity contribution in [3.8, 4) is 17.0 Å². The van der Waals surface area contributed by atoms with Crippen LogP contribution in [-0.2, 0) is 4.79 Å². The second kappa shape index (κ2) is 9.65. The van der Waals surface area contributed by atoms with Crippen molar-refractivity contribution >= 4 is 63.7 Å². The van der Waals surface area contributed by atoms with Gasteiger partial charge in [-0.2, -0.15) is 0 Å². The molecular weight excluding hydrogens is 441 g/mol. The minimum absolute atomic E-state index is 0.174. The predicted molar refractivity (Wildman–Crippen MR) is 115 cm³/mol. The number of amides is 1. The van der Waals surface area contributed by atoms with Gasteiger partial charge < -0.3 is 10.1 Å². The Bertz CT molecular complexity index is 948. The van der Waals surface area contributed by atoms with Gasteiger partial charge in [0.2, 0.25) is 0 Å². The van der Waals surface area contributed by atoms with Crippen molar-refractivity contribution in [2.45, 2.75) is 0 Å². The van der Waals surface area contributed by atoms with Crippen LogP contribution in [0.2, 0.25) is 10.0 Å². The van der Waals surface area contributed by atoms with Gasteiger partial charge in [-0.05, 0) is 66.2 Å². The molecule has 1 heterocycles. The van der Waals surface area contributed by atoms with Crippen LogP contribution >= 0.6 is 47.0 Å². The monoisotopic (exact) mass is 453 g/mol. The topological polar surface area (TPSA) is 88.2 Å². The first-order valence-corrected chi connectivity index (χ1v) is 9.82. The van der Waals surface area contributed by atoms with Crippen LogP contribution in [0.3, 0.4) is 0 Å². The van der Waals surface area contributed by atoms with E-state index in [1.165, 1.54) is 11.5 Å². The number of nitrogens with zero attached hydrogens (tertiary/aromatic N) is 2. The summed E-state index contributed by atoms with van der Waals surface area (Å²) >= 11 is 18.2. The van der Waals surface area contributed by atoms with E-state index in [0.29, 0.717) is 21.5 Å². The molecule has 3 rings (SSSR count). The standard InChI is InChI=1S/C17H13Cl2N5O2S2/c18-11-5-12(19)7-13(6-11)20-17(27)23-22-16(25)8-26-14-3-1-10(2-4-14)15-9-28-24-21-15/h1-7,9H,8H2,(H,22,25)(H2,20,23,27). The normalized spacial score (nSPS) is 10.2. The molecule has 144 valence electrons. The van der Waals surface area contributed by atoms with Crippen LogP contribution < -0.4 is 20.9 Å². The predicted octanol–water partition coefficient (Wildman–Crippen LogP) is 3.91. The van der Waals surface area contributed by atoms with Gasteiger partial charge in [0.1, 0.15) is 11.4 Å². The molecule has 11 heteroatoms. The number of rotatable bonds is 5. The number of carbonyl (C=O) groups excluding carboxylic acids is 1. The summed E-state index contributed by atoms with van der Waals surface area (Å²) in [6, 6.07) is 12.1. The number of thiocarbonyl (C=S) groups is 1. The lowest BCUT2D eigenvalue weighted by Gasteiger charge is -2.12. The number of hydrogen-bond acceptors (Lipinski definition) is 6. The largest absolute Gasteiger partial charge is 0.484 e. The molecule has 1 amide bonds. The molecule has 0 saturated carbocycles. The van der Waals surface area contributed by atoms with Gasteiger partial charge in [-0.3, -0.25) is 15.6 Å². The smallest absolute Gasteiger partial charge is 0.276 e. The molecule has 0 aliphatic heterocycles. The van der Waals surface area contributed by atoms with Gasteiger partial charge in [0, 0.05) is 26.7 Å². The third kappa shape index (κ3) is 6.03. The Kier molecular flexibility index (Phi) is 6.99. The molecule has 2 aromatic carbocycles. The summed E-state index contributed by atoms with van der Waals surface area (Å²) in [4.78, 5) is 11.9. The maximum Gasteiger partial charge on any atom is 0.276 e. The second-order valence-electron chi connectivity index (χ2n) is 5.39. The number of ether oxygens (including phenoxy) is 1. The molecule has 0 unspecified atom stereocenters. The first-order valence-electron chi connectivity index (χ1n) is 7.82. The maximum absolute atomic E-state index is 11.9. The second-order valence-corrected chi connectivity index (χ2v) is 7.28. The van der Waals surface area contributed by atoms with E-state index in [1.54, 1.807) is 30.3 Å². The molecule has 0 saturated heterocycles. The van der Waals surface area contributed by atoms with Gasteiger partial charge in [0.25, 0.3) is 5.91 Å². The highest BCUT2D eigenvalue weighted by Crippen LogP contribution is 2.22. The van der Waals surface area contributed by atoms with Crippen molar-refractivity contribution in [2.75, 3.05) is 11.9 Å². The van der Waals surface area contributed by atoms with Gasteiger partial charge >= 0.3 is 0 Å². The first kappa shape index (κ1) is 20.3. The van der Waals surface area contributed by atoms with E-state index in [4.69, 9.17) is 40.2 Å². The van der Waals surface area contributed by atoms with Gasteiger partial charge in [0.15, 0.2) is 11.7 Å². The van der Waals surface area contributed by atoms with Crippen molar-refractivity contribution < 1.29 is 9.53 Å². The Morgan fingerprint density at radius 3 is 2.46 bits per heavy atom. The molecule has 0 aliphatic rings. The Balaban J connectivity index is 1.42. The molecule has 0 fully saturated rings. The molecule has 7 nitrogen and oxygen atoms in total. The van der Waals surface area contributed by atoms with Crippen LogP contribution in [0.15, 0.2) is 47.8 Å². The average Bonchev–Trinajstić information content (AvgIpc) is 3.19. The lowest BCUT2D eigenvalue weighted by Crippen LogP contribution is -2.45. The van der Waals surface area contributed by atoms with E-state index in [-0.39, 0.29) is 11.7 Å². The Morgan fingerprint density at radius 1 is 1.11 bits per heavy atom. The lowest BCUT2D eigenvalue weighted by molar-refractivity contribution is -0.123. The van der Waals surface area contributed by atoms with Crippen molar-refractivity contribution in [1.82, 2.24) is 20.4 Å². The zero-order chi connectivity index (χ0) is 19.9. The highest BCUT2D eigenvalue weighted by atomic mass is 35.5. The van der Waals surface area contributed by atoms with E-state index in [1.807, 2.05) is 17.5 Å². The Hall–Kier alpha value is -2.46. The molecule has 0 atom stereocenters. The van der Waals surface area contributed by atoms with Crippen LogP contribution in [-0.4, -0.2) is 27.2 Å². The molecule has 3 aromatic rings. The van der Waals surface area contributed by atoms with Gasteiger partial charge in [-0.15, -0.1) is 5.10 Å².